The average molecular weight is 271 g/mol. The fourth-order valence-corrected chi connectivity index (χ4v) is 2.00. The zero-order valence-electron chi connectivity index (χ0n) is 9.33. The molecule has 0 spiro atoms. The number of benzene rings is 1. The molecule has 84 valence electrons. The summed E-state index contributed by atoms with van der Waals surface area (Å²) in [6.45, 7) is 5.10. The summed E-state index contributed by atoms with van der Waals surface area (Å²) in [6, 6.07) is 8.54. The Labute approximate surface area is 100 Å². The number of nitrogens with one attached hydrogen (secondary N) is 1. The zero-order chi connectivity index (χ0) is 11.3. The minimum atomic E-state index is 0.360. The van der Waals surface area contributed by atoms with Gasteiger partial charge < -0.3 is 11.1 Å². The molecular formula is C12H19BrN2. The van der Waals surface area contributed by atoms with E-state index in [0.717, 1.165) is 16.6 Å². The first kappa shape index (κ1) is 12.5. The SMILES string of the molecule is CC(C)CC(CN)Nc1cccc(Br)c1. The molecular weight excluding hydrogens is 252 g/mol. The first-order valence-electron chi connectivity index (χ1n) is 5.34. The van der Waals surface area contributed by atoms with Crippen molar-refractivity contribution in [3.63, 3.8) is 0 Å². The van der Waals surface area contributed by atoms with E-state index in [9.17, 15) is 0 Å². The van der Waals surface area contributed by atoms with Crippen LogP contribution in [0.3, 0.4) is 0 Å². The summed E-state index contributed by atoms with van der Waals surface area (Å²) in [5.41, 5.74) is 6.86. The van der Waals surface area contributed by atoms with Crippen LogP contribution in [0, 0.1) is 5.92 Å². The molecule has 0 saturated heterocycles. The lowest BCUT2D eigenvalue weighted by Crippen LogP contribution is -2.30. The van der Waals surface area contributed by atoms with Crippen molar-refractivity contribution in [1.29, 1.82) is 0 Å². The van der Waals surface area contributed by atoms with Gasteiger partial charge in [0.2, 0.25) is 0 Å². The normalized spacial score (nSPS) is 12.9. The van der Waals surface area contributed by atoms with E-state index in [4.69, 9.17) is 5.73 Å². The number of anilines is 1. The van der Waals surface area contributed by atoms with Gasteiger partial charge in [-0.2, -0.15) is 0 Å². The molecule has 0 saturated carbocycles. The van der Waals surface area contributed by atoms with Crippen LogP contribution in [-0.2, 0) is 0 Å². The highest BCUT2D eigenvalue weighted by Gasteiger charge is 2.08. The minimum Gasteiger partial charge on any atom is -0.381 e. The van der Waals surface area contributed by atoms with Crippen molar-refractivity contribution in [2.45, 2.75) is 26.3 Å². The number of nitrogens with two attached hydrogens (primary N) is 1. The Kier molecular flexibility index (Phi) is 5.12. The Balaban J connectivity index is 2.58. The van der Waals surface area contributed by atoms with Crippen molar-refractivity contribution < 1.29 is 0 Å². The Morgan fingerprint density at radius 1 is 1.40 bits per heavy atom. The first-order valence-corrected chi connectivity index (χ1v) is 6.13. The highest BCUT2D eigenvalue weighted by molar-refractivity contribution is 9.10. The summed E-state index contributed by atoms with van der Waals surface area (Å²) in [5.74, 6) is 0.665. The summed E-state index contributed by atoms with van der Waals surface area (Å²) in [4.78, 5) is 0. The average Bonchev–Trinajstić information content (AvgIpc) is 2.16. The third-order valence-corrected chi connectivity index (χ3v) is 2.73. The summed E-state index contributed by atoms with van der Waals surface area (Å²) >= 11 is 3.45. The molecule has 1 atom stereocenters. The zero-order valence-corrected chi connectivity index (χ0v) is 10.9. The number of halogens is 1. The second-order valence-electron chi connectivity index (χ2n) is 4.22. The highest BCUT2D eigenvalue weighted by Crippen LogP contribution is 2.17. The Hall–Kier alpha value is -0.540. The van der Waals surface area contributed by atoms with Gasteiger partial charge in [-0.1, -0.05) is 35.8 Å². The molecule has 3 N–H and O–H groups in total. The molecule has 0 bridgehead atoms. The summed E-state index contributed by atoms with van der Waals surface area (Å²) in [5, 5.41) is 3.45. The molecule has 1 unspecified atom stereocenters. The van der Waals surface area contributed by atoms with Crippen molar-refractivity contribution >= 4 is 21.6 Å². The van der Waals surface area contributed by atoms with E-state index in [-0.39, 0.29) is 0 Å². The van der Waals surface area contributed by atoms with Crippen molar-refractivity contribution in [2.75, 3.05) is 11.9 Å². The van der Waals surface area contributed by atoms with Crippen LogP contribution in [0.5, 0.6) is 0 Å². The molecule has 0 radical (unpaired) electrons. The minimum absolute atomic E-state index is 0.360. The third kappa shape index (κ3) is 4.67. The van der Waals surface area contributed by atoms with Crippen LogP contribution in [0.1, 0.15) is 20.3 Å². The summed E-state index contributed by atoms with van der Waals surface area (Å²) in [6.07, 6.45) is 1.10. The van der Waals surface area contributed by atoms with Gasteiger partial charge in [0.15, 0.2) is 0 Å². The maximum Gasteiger partial charge on any atom is 0.0386 e. The molecule has 0 heterocycles. The van der Waals surface area contributed by atoms with E-state index in [1.54, 1.807) is 0 Å². The maximum atomic E-state index is 5.73. The van der Waals surface area contributed by atoms with Crippen LogP contribution in [0.4, 0.5) is 5.69 Å². The number of hydrogen-bond donors (Lipinski definition) is 2. The Morgan fingerprint density at radius 2 is 2.13 bits per heavy atom. The van der Waals surface area contributed by atoms with Crippen LogP contribution >= 0.6 is 15.9 Å². The molecule has 3 heteroatoms. The fourth-order valence-electron chi connectivity index (χ4n) is 1.60. The fraction of sp³-hybridized carbons (Fsp3) is 0.500. The molecule has 0 aliphatic carbocycles. The molecule has 2 nitrogen and oxygen atoms in total. The Bertz CT molecular complexity index is 299. The molecule has 15 heavy (non-hydrogen) atoms. The topological polar surface area (TPSA) is 38.0 Å². The molecule has 0 aromatic heterocycles. The molecule has 0 amide bonds. The maximum absolute atomic E-state index is 5.73. The number of rotatable bonds is 5. The first-order chi connectivity index (χ1) is 7.11. The lowest BCUT2D eigenvalue weighted by atomic mass is 10.0. The van der Waals surface area contributed by atoms with Crippen molar-refractivity contribution in [3.8, 4) is 0 Å². The summed E-state index contributed by atoms with van der Waals surface area (Å²) < 4.78 is 1.09. The molecule has 0 aliphatic heterocycles. The molecule has 0 aliphatic rings. The van der Waals surface area contributed by atoms with E-state index in [1.165, 1.54) is 0 Å². The molecule has 1 rings (SSSR count). The van der Waals surface area contributed by atoms with E-state index >= 15 is 0 Å². The van der Waals surface area contributed by atoms with E-state index in [2.05, 4.69) is 47.2 Å². The van der Waals surface area contributed by atoms with Crippen molar-refractivity contribution in [2.24, 2.45) is 11.7 Å². The van der Waals surface area contributed by atoms with Crippen LogP contribution < -0.4 is 11.1 Å². The predicted octanol–water partition coefficient (Wildman–Crippen LogP) is 3.23. The largest absolute Gasteiger partial charge is 0.381 e. The van der Waals surface area contributed by atoms with Crippen molar-refractivity contribution in [1.82, 2.24) is 0 Å². The highest BCUT2D eigenvalue weighted by atomic mass is 79.9. The molecule has 1 aromatic rings. The van der Waals surface area contributed by atoms with Gasteiger partial charge in [-0.15, -0.1) is 0 Å². The van der Waals surface area contributed by atoms with Gasteiger partial charge in [0.25, 0.3) is 0 Å². The second-order valence-corrected chi connectivity index (χ2v) is 5.13. The number of hydrogen-bond acceptors (Lipinski definition) is 2. The lowest BCUT2D eigenvalue weighted by Gasteiger charge is -2.20. The van der Waals surface area contributed by atoms with Gasteiger partial charge in [0, 0.05) is 22.7 Å². The van der Waals surface area contributed by atoms with Gasteiger partial charge in [-0.25, -0.2) is 0 Å². The monoisotopic (exact) mass is 270 g/mol. The van der Waals surface area contributed by atoms with Crippen LogP contribution in [-0.4, -0.2) is 12.6 Å². The quantitative estimate of drug-likeness (QED) is 0.862. The van der Waals surface area contributed by atoms with Crippen LogP contribution in [0.2, 0.25) is 0 Å². The van der Waals surface area contributed by atoms with Gasteiger partial charge >= 0.3 is 0 Å². The van der Waals surface area contributed by atoms with Gasteiger partial charge in [-0.05, 0) is 30.5 Å². The summed E-state index contributed by atoms with van der Waals surface area (Å²) in [7, 11) is 0. The van der Waals surface area contributed by atoms with E-state index in [1.807, 2.05) is 12.1 Å². The van der Waals surface area contributed by atoms with Gasteiger partial charge in [0.05, 0.1) is 0 Å². The van der Waals surface area contributed by atoms with Gasteiger partial charge in [0.1, 0.15) is 0 Å². The van der Waals surface area contributed by atoms with Crippen LogP contribution in [0.25, 0.3) is 0 Å². The van der Waals surface area contributed by atoms with Crippen LogP contribution in [0.15, 0.2) is 28.7 Å². The standard InChI is InChI=1S/C12H19BrN2/c1-9(2)6-12(8-14)15-11-5-3-4-10(13)7-11/h3-5,7,9,12,15H,6,8,14H2,1-2H3. The molecule has 0 fully saturated rings. The molecule has 1 aromatic carbocycles. The third-order valence-electron chi connectivity index (χ3n) is 2.24. The predicted molar refractivity (Wildman–Crippen MR) is 70.1 cm³/mol. The van der Waals surface area contributed by atoms with Crippen molar-refractivity contribution in [3.05, 3.63) is 28.7 Å². The second kappa shape index (κ2) is 6.13. The smallest absolute Gasteiger partial charge is 0.0386 e. The lowest BCUT2D eigenvalue weighted by molar-refractivity contribution is 0.522. The van der Waals surface area contributed by atoms with Gasteiger partial charge in [-0.3, -0.25) is 0 Å². The van der Waals surface area contributed by atoms with E-state index < -0.39 is 0 Å². The Morgan fingerprint density at radius 3 is 2.67 bits per heavy atom. The van der Waals surface area contributed by atoms with E-state index in [0.29, 0.717) is 18.5 Å².